The molecule has 0 saturated carbocycles. The van der Waals surface area contributed by atoms with Crippen molar-refractivity contribution in [3.05, 3.63) is 65.0 Å². The summed E-state index contributed by atoms with van der Waals surface area (Å²) in [7, 11) is 2.02. The fourth-order valence-electron chi connectivity index (χ4n) is 2.46. The minimum Gasteiger partial charge on any atom is -0.478 e. The van der Waals surface area contributed by atoms with E-state index in [2.05, 4.69) is 29.8 Å². The van der Waals surface area contributed by atoms with Crippen molar-refractivity contribution in [2.24, 2.45) is 0 Å². The number of benzene rings is 1. The number of carboxylic acid groups (broad SMARTS) is 1. The normalized spacial score (nSPS) is 12.4. The van der Waals surface area contributed by atoms with E-state index in [0.717, 1.165) is 17.7 Å². The summed E-state index contributed by atoms with van der Waals surface area (Å²) < 4.78 is 0. The maximum absolute atomic E-state index is 11.3. The van der Waals surface area contributed by atoms with Gasteiger partial charge in [-0.05, 0) is 44.2 Å². The van der Waals surface area contributed by atoms with Gasteiger partial charge in [-0.3, -0.25) is 9.88 Å². The molecule has 0 unspecified atom stereocenters. The topological polar surface area (TPSA) is 53.4 Å². The molecule has 0 fully saturated rings. The highest BCUT2D eigenvalue weighted by Crippen LogP contribution is 2.15. The van der Waals surface area contributed by atoms with Gasteiger partial charge in [0, 0.05) is 30.9 Å². The van der Waals surface area contributed by atoms with Crippen LogP contribution in [0.1, 0.15) is 34.1 Å². The Morgan fingerprint density at radius 2 is 2.00 bits per heavy atom. The van der Waals surface area contributed by atoms with E-state index in [0.29, 0.717) is 12.1 Å². The minimum absolute atomic E-state index is 0.274. The molecule has 2 rings (SSSR count). The molecule has 0 aliphatic rings. The SMILES string of the molecule is Cc1cccnc1C[C@H](C)N(C)Cc1ccccc1C(=O)O. The lowest BCUT2D eigenvalue weighted by molar-refractivity contribution is 0.0694. The second kappa shape index (κ2) is 7.18. The van der Waals surface area contributed by atoms with Gasteiger partial charge in [0.05, 0.1) is 5.56 Å². The summed E-state index contributed by atoms with van der Waals surface area (Å²) in [5.41, 5.74) is 3.49. The molecule has 1 aromatic heterocycles. The van der Waals surface area contributed by atoms with E-state index in [4.69, 9.17) is 0 Å². The number of hydrogen-bond donors (Lipinski definition) is 1. The summed E-state index contributed by atoms with van der Waals surface area (Å²) in [6.45, 7) is 4.81. The van der Waals surface area contributed by atoms with E-state index in [9.17, 15) is 9.90 Å². The molecule has 1 N–H and O–H groups in total. The van der Waals surface area contributed by atoms with E-state index >= 15 is 0 Å². The highest BCUT2D eigenvalue weighted by Gasteiger charge is 2.15. The average Bonchev–Trinajstić information content (AvgIpc) is 2.49. The van der Waals surface area contributed by atoms with Gasteiger partial charge in [0.2, 0.25) is 0 Å². The molecule has 0 aliphatic carbocycles. The number of carbonyl (C=O) groups is 1. The van der Waals surface area contributed by atoms with Gasteiger partial charge < -0.3 is 5.11 Å². The number of likely N-dealkylation sites (N-methyl/N-ethyl adjacent to an activating group) is 1. The Labute approximate surface area is 131 Å². The van der Waals surface area contributed by atoms with Crippen LogP contribution < -0.4 is 0 Å². The van der Waals surface area contributed by atoms with Gasteiger partial charge in [0.15, 0.2) is 0 Å². The van der Waals surface area contributed by atoms with Gasteiger partial charge in [-0.2, -0.15) is 0 Å². The standard InChI is InChI=1S/C18H22N2O2/c1-13-7-6-10-19-17(13)11-14(2)20(3)12-15-8-4-5-9-16(15)18(21)22/h4-10,14H,11-12H2,1-3H3,(H,21,22)/t14-/m0/s1. The van der Waals surface area contributed by atoms with Gasteiger partial charge in [0.25, 0.3) is 0 Å². The summed E-state index contributed by atoms with van der Waals surface area (Å²) in [6.07, 6.45) is 2.66. The third-order valence-corrected chi connectivity index (χ3v) is 4.03. The monoisotopic (exact) mass is 298 g/mol. The number of pyridine rings is 1. The molecule has 22 heavy (non-hydrogen) atoms. The molecule has 0 radical (unpaired) electrons. The Balaban J connectivity index is 2.07. The van der Waals surface area contributed by atoms with Crippen LogP contribution in [0.4, 0.5) is 0 Å². The lowest BCUT2D eigenvalue weighted by Gasteiger charge is -2.25. The number of nitrogens with zero attached hydrogens (tertiary/aromatic N) is 2. The van der Waals surface area contributed by atoms with Gasteiger partial charge in [0.1, 0.15) is 0 Å². The summed E-state index contributed by atoms with van der Waals surface area (Å²) >= 11 is 0. The molecular weight excluding hydrogens is 276 g/mol. The number of aryl methyl sites for hydroxylation is 1. The van der Waals surface area contributed by atoms with Crippen LogP contribution in [0.2, 0.25) is 0 Å². The third kappa shape index (κ3) is 3.92. The van der Waals surface area contributed by atoms with E-state index in [1.807, 2.05) is 31.4 Å². The molecule has 2 aromatic rings. The highest BCUT2D eigenvalue weighted by molar-refractivity contribution is 5.89. The van der Waals surface area contributed by atoms with Crippen LogP contribution in [-0.2, 0) is 13.0 Å². The van der Waals surface area contributed by atoms with E-state index in [-0.39, 0.29) is 6.04 Å². The smallest absolute Gasteiger partial charge is 0.336 e. The molecule has 0 amide bonds. The van der Waals surface area contributed by atoms with Crippen LogP contribution in [0.5, 0.6) is 0 Å². The number of carboxylic acids is 1. The van der Waals surface area contributed by atoms with Crippen molar-refractivity contribution in [3.8, 4) is 0 Å². The zero-order chi connectivity index (χ0) is 16.1. The Morgan fingerprint density at radius 1 is 1.27 bits per heavy atom. The summed E-state index contributed by atoms with van der Waals surface area (Å²) in [4.78, 5) is 17.9. The second-order valence-electron chi connectivity index (χ2n) is 5.70. The number of rotatable bonds is 6. The zero-order valence-electron chi connectivity index (χ0n) is 13.3. The first-order chi connectivity index (χ1) is 10.5. The molecule has 0 spiro atoms. The first-order valence-corrected chi connectivity index (χ1v) is 7.41. The molecule has 1 atom stereocenters. The Hall–Kier alpha value is -2.20. The van der Waals surface area contributed by atoms with Crippen LogP contribution in [0.25, 0.3) is 0 Å². The molecule has 1 aromatic carbocycles. The molecule has 116 valence electrons. The van der Waals surface area contributed by atoms with Crippen LogP contribution in [-0.4, -0.2) is 34.0 Å². The second-order valence-corrected chi connectivity index (χ2v) is 5.70. The van der Waals surface area contributed by atoms with Crippen LogP contribution >= 0.6 is 0 Å². The Kier molecular flexibility index (Phi) is 5.28. The molecule has 0 bridgehead atoms. The number of aromatic nitrogens is 1. The summed E-state index contributed by atoms with van der Waals surface area (Å²) in [6, 6.07) is 11.4. The van der Waals surface area contributed by atoms with E-state index < -0.39 is 5.97 Å². The van der Waals surface area contributed by atoms with E-state index in [1.165, 1.54) is 5.56 Å². The van der Waals surface area contributed by atoms with Crippen molar-refractivity contribution < 1.29 is 9.90 Å². The fraction of sp³-hybridized carbons (Fsp3) is 0.333. The lowest BCUT2D eigenvalue weighted by atomic mass is 10.0. The van der Waals surface area contributed by atoms with Crippen molar-refractivity contribution in [1.29, 1.82) is 0 Å². The lowest BCUT2D eigenvalue weighted by Crippen LogP contribution is -2.31. The van der Waals surface area contributed by atoms with E-state index in [1.54, 1.807) is 12.1 Å². The van der Waals surface area contributed by atoms with Gasteiger partial charge in [-0.15, -0.1) is 0 Å². The van der Waals surface area contributed by atoms with Gasteiger partial charge in [-0.25, -0.2) is 4.79 Å². The molecule has 1 heterocycles. The van der Waals surface area contributed by atoms with Crippen molar-refractivity contribution in [2.75, 3.05) is 7.05 Å². The largest absolute Gasteiger partial charge is 0.478 e. The fourth-order valence-corrected chi connectivity index (χ4v) is 2.46. The van der Waals surface area contributed by atoms with Crippen molar-refractivity contribution in [1.82, 2.24) is 9.88 Å². The predicted molar refractivity (Wildman–Crippen MR) is 87.0 cm³/mol. The Bertz CT molecular complexity index is 655. The molecule has 4 heteroatoms. The van der Waals surface area contributed by atoms with Crippen LogP contribution in [0.3, 0.4) is 0 Å². The minimum atomic E-state index is -0.878. The average molecular weight is 298 g/mol. The predicted octanol–water partition coefficient (Wildman–Crippen LogP) is 3.15. The molecule has 0 saturated heterocycles. The van der Waals surface area contributed by atoms with Gasteiger partial charge >= 0.3 is 5.97 Å². The molecular formula is C18H22N2O2. The number of hydrogen-bond acceptors (Lipinski definition) is 3. The van der Waals surface area contributed by atoms with Crippen LogP contribution in [0.15, 0.2) is 42.6 Å². The summed E-state index contributed by atoms with van der Waals surface area (Å²) in [5.74, 6) is -0.878. The van der Waals surface area contributed by atoms with Crippen molar-refractivity contribution >= 4 is 5.97 Å². The first kappa shape index (κ1) is 16.2. The first-order valence-electron chi connectivity index (χ1n) is 7.41. The van der Waals surface area contributed by atoms with Crippen LogP contribution in [0, 0.1) is 6.92 Å². The molecule has 0 aliphatic heterocycles. The van der Waals surface area contributed by atoms with Crippen molar-refractivity contribution in [3.63, 3.8) is 0 Å². The van der Waals surface area contributed by atoms with Gasteiger partial charge in [-0.1, -0.05) is 24.3 Å². The maximum Gasteiger partial charge on any atom is 0.336 e. The third-order valence-electron chi connectivity index (χ3n) is 4.03. The Morgan fingerprint density at radius 3 is 2.68 bits per heavy atom. The van der Waals surface area contributed by atoms with Crippen molar-refractivity contribution in [2.45, 2.75) is 32.9 Å². The highest BCUT2D eigenvalue weighted by atomic mass is 16.4. The maximum atomic E-state index is 11.3. The number of aromatic carboxylic acids is 1. The zero-order valence-corrected chi connectivity index (χ0v) is 13.3. The quantitative estimate of drug-likeness (QED) is 0.890. The summed E-state index contributed by atoms with van der Waals surface area (Å²) in [5, 5.41) is 9.26. The molecule has 4 nitrogen and oxygen atoms in total.